The molecular weight excluding hydrogens is 232 g/mol. The fourth-order valence-corrected chi connectivity index (χ4v) is 2.06. The van der Waals surface area contributed by atoms with Crippen LogP contribution in [0, 0.1) is 10.1 Å². The third-order valence-electron chi connectivity index (χ3n) is 3.11. The monoisotopic (exact) mass is 246 g/mol. The molecule has 0 bridgehead atoms. The summed E-state index contributed by atoms with van der Waals surface area (Å²) in [5, 5.41) is 11.0. The fourth-order valence-electron chi connectivity index (χ4n) is 2.06. The van der Waals surface area contributed by atoms with Gasteiger partial charge in [-0.3, -0.25) is 14.9 Å². The first-order valence-electron chi connectivity index (χ1n) is 5.73. The Morgan fingerprint density at radius 3 is 2.78 bits per heavy atom. The number of nitro benzene ring substituents is 1. The molecular formula is C13H14N2O3. The molecule has 1 heterocycles. The molecule has 18 heavy (non-hydrogen) atoms. The summed E-state index contributed by atoms with van der Waals surface area (Å²) in [6.07, 6.45) is 3.46. The second-order valence-electron chi connectivity index (χ2n) is 4.39. The van der Waals surface area contributed by atoms with Gasteiger partial charge in [0.2, 0.25) is 0 Å². The Balaban J connectivity index is 2.47. The molecule has 94 valence electrons. The number of carbonyl (C=O) groups is 1. The summed E-state index contributed by atoms with van der Waals surface area (Å²) in [6.45, 7) is 1.64. The highest BCUT2D eigenvalue weighted by Crippen LogP contribution is 2.30. The van der Waals surface area contributed by atoms with Gasteiger partial charge >= 0.3 is 0 Å². The van der Waals surface area contributed by atoms with Crippen molar-refractivity contribution < 1.29 is 9.72 Å². The van der Waals surface area contributed by atoms with E-state index in [0.717, 1.165) is 25.1 Å². The molecule has 1 aliphatic heterocycles. The van der Waals surface area contributed by atoms with Crippen molar-refractivity contribution in [2.45, 2.75) is 6.42 Å². The van der Waals surface area contributed by atoms with Gasteiger partial charge in [-0.15, -0.1) is 0 Å². The first-order chi connectivity index (χ1) is 8.61. The molecule has 0 amide bonds. The van der Waals surface area contributed by atoms with Gasteiger partial charge in [0.15, 0.2) is 0 Å². The van der Waals surface area contributed by atoms with Crippen molar-refractivity contribution >= 4 is 17.5 Å². The third-order valence-corrected chi connectivity index (χ3v) is 3.11. The second kappa shape index (κ2) is 5.10. The van der Waals surface area contributed by atoms with E-state index in [1.54, 1.807) is 6.07 Å². The number of aldehydes is 1. The van der Waals surface area contributed by atoms with Gasteiger partial charge in [0, 0.05) is 24.7 Å². The van der Waals surface area contributed by atoms with Gasteiger partial charge in [0.25, 0.3) is 5.69 Å². The van der Waals surface area contributed by atoms with Crippen LogP contribution in [0.3, 0.4) is 0 Å². The van der Waals surface area contributed by atoms with Crippen molar-refractivity contribution in [2.24, 2.45) is 0 Å². The van der Waals surface area contributed by atoms with Crippen LogP contribution in [-0.2, 0) is 0 Å². The Kier molecular flexibility index (Phi) is 3.53. The number of nitrogens with zero attached hydrogens (tertiary/aromatic N) is 2. The molecule has 0 aliphatic carbocycles. The highest BCUT2D eigenvalue weighted by atomic mass is 16.6. The zero-order chi connectivity index (χ0) is 13.1. The Labute approximate surface area is 105 Å². The van der Waals surface area contributed by atoms with Crippen LogP contribution in [0.2, 0.25) is 0 Å². The van der Waals surface area contributed by atoms with Crippen LogP contribution >= 0.6 is 0 Å². The van der Waals surface area contributed by atoms with E-state index in [2.05, 4.69) is 4.90 Å². The van der Waals surface area contributed by atoms with Crippen LogP contribution < -0.4 is 0 Å². The molecule has 0 saturated carbocycles. The minimum Gasteiger partial charge on any atom is -0.302 e. The molecule has 5 nitrogen and oxygen atoms in total. The van der Waals surface area contributed by atoms with Crippen LogP contribution in [-0.4, -0.2) is 36.2 Å². The smallest absolute Gasteiger partial charge is 0.276 e. The third kappa shape index (κ3) is 2.46. The van der Waals surface area contributed by atoms with E-state index >= 15 is 0 Å². The van der Waals surface area contributed by atoms with E-state index in [-0.39, 0.29) is 5.69 Å². The van der Waals surface area contributed by atoms with Crippen LogP contribution in [0.15, 0.2) is 24.3 Å². The standard InChI is InChI=1S/C13H14N2O3/c1-14-6-4-11(5-7-14)12-8-10(9-16)2-3-13(12)15(17)18/h2-4,8-9H,5-7H2,1H3. The van der Waals surface area contributed by atoms with Gasteiger partial charge < -0.3 is 4.90 Å². The molecule has 1 aromatic rings. The molecule has 0 aromatic heterocycles. The minimum atomic E-state index is -0.400. The lowest BCUT2D eigenvalue weighted by atomic mass is 9.96. The number of carbonyl (C=O) groups excluding carboxylic acids is 1. The molecule has 0 atom stereocenters. The molecule has 1 aromatic carbocycles. The van der Waals surface area contributed by atoms with Gasteiger partial charge in [-0.1, -0.05) is 6.08 Å². The zero-order valence-electron chi connectivity index (χ0n) is 10.1. The number of rotatable bonds is 3. The minimum absolute atomic E-state index is 0.0661. The normalized spacial score (nSPS) is 16.2. The largest absolute Gasteiger partial charge is 0.302 e. The Morgan fingerprint density at radius 1 is 1.44 bits per heavy atom. The van der Waals surface area contributed by atoms with E-state index in [9.17, 15) is 14.9 Å². The molecule has 0 unspecified atom stereocenters. The van der Waals surface area contributed by atoms with Crippen molar-refractivity contribution in [3.05, 3.63) is 45.5 Å². The SMILES string of the molecule is CN1CC=C(c2cc(C=O)ccc2[N+](=O)[O-])CC1. The lowest BCUT2D eigenvalue weighted by Gasteiger charge is -2.22. The predicted molar refractivity (Wildman–Crippen MR) is 68.6 cm³/mol. The second-order valence-corrected chi connectivity index (χ2v) is 4.39. The van der Waals surface area contributed by atoms with Crippen molar-refractivity contribution in [1.29, 1.82) is 0 Å². The summed E-state index contributed by atoms with van der Waals surface area (Å²) in [5.74, 6) is 0. The summed E-state index contributed by atoms with van der Waals surface area (Å²) in [6, 6.07) is 4.48. The van der Waals surface area contributed by atoms with E-state index in [4.69, 9.17) is 0 Å². The Bertz CT molecular complexity index is 523. The average molecular weight is 246 g/mol. The van der Waals surface area contributed by atoms with Crippen molar-refractivity contribution in [1.82, 2.24) is 4.90 Å². The molecule has 0 N–H and O–H groups in total. The summed E-state index contributed by atoms with van der Waals surface area (Å²) < 4.78 is 0. The highest BCUT2D eigenvalue weighted by Gasteiger charge is 2.19. The molecule has 2 rings (SSSR count). The highest BCUT2D eigenvalue weighted by molar-refractivity contribution is 5.82. The fraction of sp³-hybridized carbons (Fsp3) is 0.308. The maximum Gasteiger partial charge on any atom is 0.276 e. The first-order valence-corrected chi connectivity index (χ1v) is 5.73. The van der Waals surface area contributed by atoms with Crippen LogP contribution in [0.4, 0.5) is 5.69 Å². The maximum atomic E-state index is 11.0. The van der Waals surface area contributed by atoms with Crippen LogP contribution in [0.25, 0.3) is 5.57 Å². The summed E-state index contributed by atoms with van der Waals surface area (Å²) >= 11 is 0. The lowest BCUT2D eigenvalue weighted by Crippen LogP contribution is -2.23. The molecule has 0 spiro atoms. The number of hydrogen-bond donors (Lipinski definition) is 0. The van der Waals surface area contributed by atoms with Crippen molar-refractivity contribution in [2.75, 3.05) is 20.1 Å². The number of hydrogen-bond acceptors (Lipinski definition) is 4. The molecule has 1 aliphatic rings. The van der Waals surface area contributed by atoms with E-state index < -0.39 is 4.92 Å². The Morgan fingerprint density at radius 2 is 2.22 bits per heavy atom. The summed E-state index contributed by atoms with van der Waals surface area (Å²) in [4.78, 5) is 23.5. The van der Waals surface area contributed by atoms with Crippen molar-refractivity contribution in [3.63, 3.8) is 0 Å². The van der Waals surface area contributed by atoms with Gasteiger partial charge in [-0.25, -0.2) is 0 Å². The lowest BCUT2D eigenvalue weighted by molar-refractivity contribution is -0.385. The molecule has 0 radical (unpaired) electrons. The molecule has 0 saturated heterocycles. The van der Waals surface area contributed by atoms with Crippen molar-refractivity contribution in [3.8, 4) is 0 Å². The predicted octanol–water partition coefficient (Wildman–Crippen LogP) is 2.13. The zero-order valence-corrected chi connectivity index (χ0v) is 10.1. The maximum absolute atomic E-state index is 11.0. The van der Waals surface area contributed by atoms with Crippen LogP contribution in [0.1, 0.15) is 22.3 Å². The first kappa shape index (κ1) is 12.4. The van der Waals surface area contributed by atoms with E-state index in [0.29, 0.717) is 17.4 Å². The molecule has 0 fully saturated rings. The van der Waals surface area contributed by atoms with Gasteiger partial charge in [-0.05, 0) is 31.2 Å². The Hall–Kier alpha value is -2.01. The van der Waals surface area contributed by atoms with Gasteiger partial charge in [0.1, 0.15) is 6.29 Å². The molecule has 5 heteroatoms. The summed E-state index contributed by atoms with van der Waals surface area (Å²) in [7, 11) is 2.00. The summed E-state index contributed by atoms with van der Waals surface area (Å²) in [5.41, 5.74) is 2.05. The van der Waals surface area contributed by atoms with Crippen LogP contribution in [0.5, 0.6) is 0 Å². The number of benzene rings is 1. The number of likely N-dealkylation sites (N-methyl/N-ethyl adjacent to an activating group) is 1. The van der Waals surface area contributed by atoms with E-state index in [1.165, 1.54) is 12.1 Å². The number of nitro groups is 1. The van der Waals surface area contributed by atoms with Gasteiger partial charge in [-0.2, -0.15) is 0 Å². The quantitative estimate of drug-likeness (QED) is 0.465. The average Bonchev–Trinajstić information content (AvgIpc) is 2.38. The topological polar surface area (TPSA) is 63.5 Å². The van der Waals surface area contributed by atoms with E-state index in [1.807, 2.05) is 13.1 Å². The van der Waals surface area contributed by atoms with Gasteiger partial charge in [0.05, 0.1) is 10.5 Å².